The summed E-state index contributed by atoms with van der Waals surface area (Å²) in [6.45, 7) is 11.8. The van der Waals surface area contributed by atoms with E-state index in [1.165, 1.54) is 0 Å². The highest BCUT2D eigenvalue weighted by molar-refractivity contribution is 5.81. The van der Waals surface area contributed by atoms with Crippen LogP contribution in [0.1, 0.15) is 53.4 Å². The molecule has 1 unspecified atom stereocenters. The number of hydrogen-bond acceptors (Lipinski definition) is 3. The molecule has 1 rings (SSSR count). The van der Waals surface area contributed by atoms with Crippen LogP contribution in [0.3, 0.4) is 0 Å². The topological polar surface area (TPSA) is 67.4 Å². The molecule has 0 radical (unpaired) electrons. The lowest BCUT2D eigenvalue weighted by molar-refractivity contribution is -0.147. The predicted octanol–water partition coefficient (Wildman–Crippen LogP) is 2.76. The van der Waals surface area contributed by atoms with Crippen molar-refractivity contribution < 1.29 is 14.3 Å². The van der Waals surface area contributed by atoms with Crippen molar-refractivity contribution in [3.63, 3.8) is 0 Å². The minimum atomic E-state index is -0.375. The van der Waals surface area contributed by atoms with Crippen molar-refractivity contribution >= 4 is 12.0 Å². The van der Waals surface area contributed by atoms with Gasteiger partial charge in [0.25, 0.3) is 0 Å². The van der Waals surface area contributed by atoms with Crippen LogP contribution in [-0.2, 0) is 9.53 Å². The molecule has 120 valence electrons. The monoisotopic (exact) mass is 296 g/mol. The van der Waals surface area contributed by atoms with E-state index in [9.17, 15) is 9.59 Å². The van der Waals surface area contributed by atoms with Crippen molar-refractivity contribution in [2.24, 2.45) is 5.41 Å². The fraction of sp³-hybridized carbons (Fsp3) is 0.750. The van der Waals surface area contributed by atoms with Crippen LogP contribution in [0.15, 0.2) is 12.2 Å². The van der Waals surface area contributed by atoms with Crippen molar-refractivity contribution in [3.8, 4) is 0 Å². The molecular weight excluding hydrogens is 268 g/mol. The summed E-state index contributed by atoms with van der Waals surface area (Å²) in [6.07, 6.45) is 4.11. The molecule has 1 saturated carbocycles. The maximum Gasteiger partial charge on any atom is 0.325 e. The number of amides is 2. The molecular formula is C16H28N2O3. The normalized spacial score (nSPS) is 17.1. The van der Waals surface area contributed by atoms with Gasteiger partial charge in [0.05, 0.1) is 6.04 Å². The van der Waals surface area contributed by atoms with Crippen LogP contribution in [0.4, 0.5) is 4.79 Å². The maximum absolute atomic E-state index is 11.9. The number of carbonyl (C=O) groups is 2. The first-order chi connectivity index (χ1) is 9.70. The summed E-state index contributed by atoms with van der Waals surface area (Å²) in [5.74, 6) is -0.375. The van der Waals surface area contributed by atoms with E-state index in [4.69, 9.17) is 4.74 Å². The van der Waals surface area contributed by atoms with Gasteiger partial charge in [-0.15, -0.1) is 0 Å². The highest BCUT2D eigenvalue weighted by Crippen LogP contribution is 2.24. The fourth-order valence-corrected chi connectivity index (χ4v) is 2.65. The van der Waals surface area contributed by atoms with Gasteiger partial charge in [-0.2, -0.15) is 0 Å². The van der Waals surface area contributed by atoms with Crippen LogP contribution in [0.5, 0.6) is 0 Å². The second-order valence-electron chi connectivity index (χ2n) is 6.87. The molecule has 1 fully saturated rings. The summed E-state index contributed by atoms with van der Waals surface area (Å²) in [6, 6.07) is -0.523. The van der Waals surface area contributed by atoms with Gasteiger partial charge in [0.1, 0.15) is 12.6 Å². The molecule has 2 N–H and O–H groups in total. The molecule has 0 aromatic carbocycles. The summed E-state index contributed by atoms with van der Waals surface area (Å²) in [7, 11) is 0. The van der Waals surface area contributed by atoms with Crippen LogP contribution >= 0.6 is 0 Å². The van der Waals surface area contributed by atoms with Gasteiger partial charge >= 0.3 is 12.0 Å². The quantitative estimate of drug-likeness (QED) is 0.605. The standard InChI is InChI=1S/C16H28N2O3/c1-11(2)14(16(3,4)5)18-15(20)17-10-13(19)21-12-8-6-7-9-12/h12,14H,1,6-10H2,2-5H3,(H2,17,18,20). The minimum Gasteiger partial charge on any atom is -0.461 e. The van der Waals surface area contributed by atoms with Crippen LogP contribution in [0.25, 0.3) is 0 Å². The Kier molecular flexibility index (Phi) is 6.24. The van der Waals surface area contributed by atoms with E-state index < -0.39 is 0 Å². The van der Waals surface area contributed by atoms with Crippen molar-refractivity contribution in [1.29, 1.82) is 0 Å². The van der Waals surface area contributed by atoms with E-state index in [-0.39, 0.29) is 36.1 Å². The first kappa shape index (κ1) is 17.5. The molecule has 0 aromatic rings. The summed E-state index contributed by atoms with van der Waals surface area (Å²) < 4.78 is 5.28. The summed E-state index contributed by atoms with van der Waals surface area (Å²) >= 11 is 0. The van der Waals surface area contributed by atoms with Crippen LogP contribution < -0.4 is 10.6 Å². The number of rotatable bonds is 5. The Balaban J connectivity index is 2.35. The largest absolute Gasteiger partial charge is 0.461 e. The molecule has 1 aliphatic rings. The van der Waals surface area contributed by atoms with Gasteiger partial charge in [0.15, 0.2) is 0 Å². The van der Waals surface area contributed by atoms with E-state index in [2.05, 4.69) is 17.2 Å². The first-order valence-electron chi connectivity index (χ1n) is 7.59. The second-order valence-corrected chi connectivity index (χ2v) is 6.87. The number of hydrogen-bond donors (Lipinski definition) is 2. The van der Waals surface area contributed by atoms with Gasteiger partial charge in [-0.3, -0.25) is 4.79 Å². The number of ether oxygens (including phenoxy) is 1. The molecule has 1 atom stereocenters. The summed E-state index contributed by atoms with van der Waals surface area (Å²) in [4.78, 5) is 23.5. The van der Waals surface area contributed by atoms with Crippen molar-refractivity contribution in [2.75, 3.05) is 6.54 Å². The van der Waals surface area contributed by atoms with Crippen molar-refractivity contribution in [3.05, 3.63) is 12.2 Å². The molecule has 0 bridgehead atoms. The Hall–Kier alpha value is -1.52. The van der Waals surface area contributed by atoms with Gasteiger partial charge in [0, 0.05) is 0 Å². The molecule has 0 heterocycles. The highest BCUT2D eigenvalue weighted by Gasteiger charge is 2.27. The lowest BCUT2D eigenvalue weighted by Crippen LogP contribution is -2.49. The smallest absolute Gasteiger partial charge is 0.325 e. The number of esters is 1. The van der Waals surface area contributed by atoms with Crippen LogP contribution in [0, 0.1) is 5.41 Å². The Morgan fingerprint density at radius 3 is 2.33 bits per heavy atom. The maximum atomic E-state index is 11.9. The Labute approximate surface area is 127 Å². The Morgan fingerprint density at radius 1 is 1.29 bits per heavy atom. The fourth-order valence-electron chi connectivity index (χ4n) is 2.65. The molecule has 0 aromatic heterocycles. The molecule has 21 heavy (non-hydrogen) atoms. The van der Waals surface area contributed by atoms with Gasteiger partial charge in [0.2, 0.25) is 0 Å². The lowest BCUT2D eigenvalue weighted by atomic mass is 9.83. The van der Waals surface area contributed by atoms with Crippen LogP contribution in [0.2, 0.25) is 0 Å². The SMILES string of the molecule is C=C(C)C(NC(=O)NCC(=O)OC1CCCC1)C(C)(C)C. The number of nitrogens with one attached hydrogen (secondary N) is 2. The number of carbonyl (C=O) groups excluding carboxylic acids is 2. The average molecular weight is 296 g/mol. The third-order valence-corrected chi connectivity index (χ3v) is 3.63. The van der Waals surface area contributed by atoms with E-state index in [1.54, 1.807) is 0 Å². The highest BCUT2D eigenvalue weighted by atomic mass is 16.5. The van der Waals surface area contributed by atoms with Crippen molar-refractivity contribution in [1.82, 2.24) is 10.6 Å². The van der Waals surface area contributed by atoms with Gasteiger partial charge in [-0.05, 0) is 38.0 Å². The zero-order valence-electron chi connectivity index (χ0n) is 13.6. The third-order valence-electron chi connectivity index (χ3n) is 3.63. The van der Waals surface area contributed by atoms with Crippen LogP contribution in [-0.4, -0.2) is 30.7 Å². The first-order valence-corrected chi connectivity index (χ1v) is 7.59. The molecule has 0 saturated heterocycles. The molecule has 5 heteroatoms. The predicted molar refractivity (Wildman–Crippen MR) is 82.9 cm³/mol. The van der Waals surface area contributed by atoms with Gasteiger partial charge in [-0.25, -0.2) is 4.79 Å². The Morgan fingerprint density at radius 2 is 1.86 bits per heavy atom. The second kappa shape index (κ2) is 7.48. The third kappa shape index (κ3) is 6.19. The zero-order valence-corrected chi connectivity index (χ0v) is 13.6. The summed E-state index contributed by atoms with van der Waals surface area (Å²) in [5, 5.41) is 5.40. The molecule has 5 nitrogen and oxygen atoms in total. The minimum absolute atomic E-state index is 0.0279. The van der Waals surface area contributed by atoms with E-state index in [0.717, 1.165) is 31.3 Å². The van der Waals surface area contributed by atoms with Crippen molar-refractivity contribution in [2.45, 2.75) is 65.5 Å². The van der Waals surface area contributed by atoms with E-state index in [0.29, 0.717) is 0 Å². The number of urea groups is 1. The molecule has 0 spiro atoms. The average Bonchev–Trinajstić information content (AvgIpc) is 2.84. The van der Waals surface area contributed by atoms with E-state index in [1.807, 2.05) is 27.7 Å². The molecule has 2 amide bonds. The zero-order chi connectivity index (χ0) is 16.0. The van der Waals surface area contributed by atoms with E-state index >= 15 is 0 Å². The molecule has 1 aliphatic carbocycles. The molecule has 0 aliphatic heterocycles. The lowest BCUT2D eigenvalue weighted by Gasteiger charge is -2.31. The van der Waals surface area contributed by atoms with Gasteiger partial charge in [-0.1, -0.05) is 32.9 Å². The summed E-state index contributed by atoms with van der Waals surface area (Å²) in [5.41, 5.74) is 0.749. The Bertz CT molecular complexity index is 393. The van der Waals surface area contributed by atoms with Gasteiger partial charge < -0.3 is 15.4 Å².